The first-order chi connectivity index (χ1) is 6.99. The molecule has 1 fully saturated rings. The summed E-state index contributed by atoms with van der Waals surface area (Å²) in [6.45, 7) is 0. The number of rotatable bonds is 5. The Balaban J connectivity index is 2.23. The van der Waals surface area contributed by atoms with E-state index in [1.54, 1.807) is 0 Å². The van der Waals surface area contributed by atoms with Crippen LogP contribution in [-0.2, 0) is 14.9 Å². The Morgan fingerprint density at radius 1 is 1.20 bits per heavy atom. The molecule has 0 aromatic rings. The van der Waals surface area contributed by atoms with Crippen LogP contribution in [0.25, 0.3) is 0 Å². The van der Waals surface area contributed by atoms with Gasteiger partial charge in [0.1, 0.15) is 5.78 Å². The molecule has 0 aliphatic heterocycles. The molecule has 1 saturated carbocycles. The lowest BCUT2D eigenvalue weighted by atomic mass is 9.85. The molecule has 0 bridgehead atoms. The van der Waals surface area contributed by atoms with Crippen molar-refractivity contribution in [2.75, 3.05) is 5.75 Å². The maximum atomic E-state index is 11.6. The molecule has 0 amide bonds. The standard InChI is InChI=1S/C10H18O4S/c11-10(7-4-8-15(12,13)14)9-5-2-1-3-6-9/h9H,1-8H2,(H,12,13,14)/p-1. The van der Waals surface area contributed by atoms with E-state index < -0.39 is 15.9 Å². The highest BCUT2D eigenvalue weighted by molar-refractivity contribution is 7.85. The summed E-state index contributed by atoms with van der Waals surface area (Å²) in [6.07, 6.45) is 5.67. The first-order valence-electron chi connectivity index (χ1n) is 5.45. The van der Waals surface area contributed by atoms with Crippen molar-refractivity contribution in [3.05, 3.63) is 0 Å². The maximum Gasteiger partial charge on any atom is 0.136 e. The Bertz CT molecular complexity index is 301. The van der Waals surface area contributed by atoms with Crippen LogP contribution in [0.1, 0.15) is 44.9 Å². The SMILES string of the molecule is O=C(CCCS(=O)(=O)[O-])C1CCCCC1. The van der Waals surface area contributed by atoms with E-state index in [1.807, 2.05) is 0 Å². The molecule has 0 spiro atoms. The largest absolute Gasteiger partial charge is 0.748 e. The minimum absolute atomic E-state index is 0.119. The van der Waals surface area contributed by atoms with E-state index in [0.717, 1.165) is 25.7 Å². The molecule has 88 valence electrons. The number of carbonyl (C=O) groups excluding carboxylic acids is 1. The summed E-state index contributed by atoms with van der Waals surface area (Å²) in [7, 11) is -4.15. The van der Waals surface area contributed by atoms with Crippen LogP contribution in [0.4, 0.5) is 0 Å². The topological polar surface area (TPSA) is 74.3 Å². The summed E-state index contributed by atoms with van der Waals surface area (Å²) in [4.78, 5) is 11.6. The average Bonchev–Trinajstić information content (AvgIpc) is 2.17. The highest BCUT2D eigenvalue weighted by atomic mass is 32.2. The van der Waals surface area contributed by atoms with Crippen molar-refractivity contribution < 1.29 is 17.8 Å². The van der Waals surface area contributed by atoms with Gasteiger partial charge in [-0.1, -0.05) is 19.3 Å². The molecule has 0 aromatic carbocycles. The smallest absolute Gasteiger partial charge is 0.136 e. The Morgan fingerprint density at radius 2 is 1.80 bits per heavy atom. The zero-order chi connectivity index (χ0) is 11.3. The predicted octanol–water partition coefficient (Wildman–Crippen LogP) is 1.46. The maximum absolute atomic E-state index is 11.6. The molecule has 0 heterocycles. The zero-order valence-electron chi connectivity index (χ0n) is 8.78. The van der Waals surface area contributed by atoms with Gasteiger partial charge in [-0.15, -0.1) is 0 Å². The van der Waals surface area contributed by atoms with Crippen LogP contribution in [0.2, 0.25) is 0 Å². The first kappa shape index (κ1) is 12.6. The van der Waals surface area contributed by atoms with Crippen molar-refractivity contribution in [3.63, 3.8) is 0 Å². The van der Waals surface area contributed by atoms with Crippen molar-refractivity contribution in [3.8, 4) is 0 Å². The third kappa shape index (κ3) is 5.28. The lowest BCUT2D eigenvalue weighted by molar-refractivity contribution is -0.123. The van der Waals surface area contributed by atoms with Crippen LogP contribution in [-0.4, -0.2) is 24.5 Å². The molecule has 0 N–H and O–H groups in total. The van der Waals surface area contributed by atoms with Gasteiger partial charge in [-0.25, -0.2) is 8.42 Å². The number of carbonyl (C=O) groups is 1. The molecule has 0 radical (unpaired) electrons. The van der Waals surface area contributed by atoms with Crippen LogP contribution < -0.4 is 0 Å². The molecule has 1 aliphatic carbocycles. The van der Waals surface area contributed by atoms with E-state index in [1.165, 1.54) is 6.42 Å². The highest BCUT2D eigenvalue weighted by Gasteiger charge is 2.20. The van der Waals surface area contributed by atoms with Gasteiger partial charge < -0.3 is 4.55 Å². The lowest BCUT2D eigenvalue weighted by Gasteiger charge is -2.20. The molecule has 15 heavy (non-hydrogen) atoms. The first-order valence-corrected chi connectivity index (χ1v) is 7.03. The Labute approximate surface area is 90.8 Å². The van der Waals surface area contributed by atoms with Crippen LogP contribution in [0.15, 0.2) is 0 Å². The minimum atomic E-state index is -4.15. The van der Waals surface area contributed by atoms with Crippen LogP contribution in [0, 0.1) is 5.92 Å². The van der Waals surface area contributed by atoms with Gasteiger partial charge >= 0.3 is 0 Å². The molecule has 1 rings (SSSR count). The Hall–Kier alpha value is -0.420. The molecule has 0 unspecified atom stereocenters. The molecule has 0 saturated heterocycles. The molecule has 0 atom stereocenters. The summed E-state index contributed by atoms with van der Waals surface area (Å²) < 4.78 is 31.0. The summed E-state index contributed by atoms with van der Waals surface area (Å²) in [5.41, 5.74) is 0. The van der Waals surface area contributed by atoms with Gasteiger partial charge in [0.15, 0.2) is 0 Å². The number of ketones is 1. The molecule has 1 aliphatic rings. The fourth-order valence-corrected chi connectivity index (χ4v) is 2.55. The molecule has 5 heteroatoms. The fourth-order valence-electron chi connectivity index (χ4n) is 2.05. The zero-order valence-corrected chi connectivity index (χ0v) is 9.59. The Morgan fingerprint density at radius 3 is 2.33 bits per heavy atom. The number of hydrogen-bond donors (Lipinski definition) is 0. The van der Waals surface area contributed by atoms with Crippen molar-refractivity contribution >= 4 is 15.9 Å². The summed E-state index contributed by atoms with van der Waals surface area (Å²) in [5.74, 6) is -0.155. The fraction of sp³-hybridized carbons (Fsp3) is 0.900. The van der Waals surface area contributed by atoms with Crippen molar-refractivity contribution in [1.82, 2.24) is 0 Å². The van der Waals surface area contributed by atoms with E-state index in [0.29, 0.717) is 0 Å². The average molecular weight is 233 g/mol. The predicted molar refractivity (Wildman–Crippen MR) is 55.4 cm³/mol. The summed E-state index contributed by atoms with van der Waals surface area (Å²) >= 11 is 0. The molecule has 4 nitrogen and oxygen atoms in total. The van der Waals surface area contributed by atoms with Gasteiger partial charge in [0.25, 0.3) is 0 Å². The van der Waals surface area contributed by atoms with Gasteiger partial charge in [-0.2, -0.15) is 0 Å². The van der Waals surface area contributed by atoms with E-state index >= 15 is 0 Å². The van der Waals surface area contributed by atoms with Gasteiger partial charge in [0.2, 0.25) is 0 Å². The van der Waals surface area contributed by atoms with Gasteiger partial charge in [-0.3, -0.25) is 4.79 Å². The lowest BCUT2D eigenvalue weighted by Crippen LogP contribution is -2.18. The molecular formula is C10H17O4S-. The third-order valence-electron chi connectivity index (χ3n) is 2.88. The second kappa shape index (κ2) is 5.61. The summed E-state index contributed by atoms with van der Waals surface area (Å²) in [5, 5.41) is 0. The second-order valence-electron chi connectivity index (χ2n) is 4.17. The van der Waals surface area contributed by atoms with Crippen molar-refractivity contribution in [1.29, 1.82) is 0 Å². The third-order valence-corrected chi connectivity index (χ3v) is 3.67. The minimum Gasteiger partial charge on any atom is -0.748 e. The Kier molecular flexibility index (Phi) is 4.73. The van der Waals surface area contributed by atoms with Crippen LogP contribution in [0.3, 0.4) is 0 Å². The van der Waals surface area contributed by atoms with Crippen molar-refractivity contribution in [2.45, 2.75) is 44.9 Å². The number of hydrogen-bond acceptors (Lipinski definition) is 4. The summed E-state index contributed by atoms with van der Waals surface area (Å²) in [6, 6.07) is 0. The second-order valence-corrected chi connectivity index (χ2v) is 5.69. The monoisotopic (exact) mass is 233 g/mol. The van der Waals surface area contributed by atoms with E-state index in [9.17, 15) is 17.8 Å². The quantitative estimate of drug-likeness (QED) is 0.674. The molecular weight excluding hydrogens is 216 g/mol. The van der Waals surface area contributed by atoms with Crippen LogP contribution in [0.5, 0.6) is 0 Å². The van der Waals surface area contributed by atoms with E-state index in [2.05, 4.69) is 0 Å². The van der Waals surface area contributed by atoms with Crippen LogP contribution >= 0.6 is 0 Å². The van der Waals surface area contributed by atoms with Gasteiger partial charge in [-0.05, 0) is 19.3 Å². The molecule has 0 aromatic heterocycles. The highest BCUT2D eigenvalue weighted by Crippen LogP contribution is 2.25. The van der Waals surface area contributed by atoms with Gasteiger partial charge in [0, 0.05) is 18.1 Å². The van der Waals surface area contributed by atoms with E-state index in [-0.39, 0.29) is 24.5 Å². The number of Topliss-reactive ketones (excluding diaryl/α,β-unsaturated/α-hetero) is 1. The van der Waals surface area contributed by atoms with Gasteiger partial charge in [0.05, 0.1) is 10.1 Å². The van der Waals surface area contributed by atoms with Crippen molar-refractivity contribution in [2.24, 2.45) is 5.92 Å². The van der Waals surface area contributed by atoms with E-state index in [4.69, 9.17) is 0 Å². The normalized spacial score (nSPS) is 19.0.